The van der Waals surface area contributed by atoms with E-state index < -0.39 is 23.7 Å². The summed E-state index contributed by atoms with van der Waals surface area (Å²) in [7, 11) is -0.171. The van der Waals surface area contributed by atoms with Gasteiger partial charge in [-0.05, 0) is 60.2 Å². The number of hydrogen-bond donors (Lipinski definition) is 0. The molecule has 0 unspecified atom stereocenters. The predicted molar refractivity (Wildman–Crippen MR) is 192 cm³/mol. The molecule has 0 saturated carbocycles. The van der Waals surface area contributed by atoms with Gasteiger partial charge in [-0.2, -0.15) is 26.3 Å². The first-order chi connectivity index (χ1) is 25.0. The molecular weight excluding hydrogens is 799 g/mol. The smallest absolute Gasteiger partial charge is 0.573 e. The van der Waals surface area contributed by atoms with Gasteiger partial charge in [0.05, 0.1) is 11.4 Å². The standard InChI is InChI=1S/2C13H7F3N3.C13H13P.Ru/c2*14-13(15,16)11-7-10(18-19-11)12-9-4-2-1-3-8(9)5-6-17-12;1-14(12-8-4-2-5-9-12)13-10-6-3-7-11-13;/h2*1-7H;2-11H,1H3;/q2*-1;;+2. The van der Waals surface area contributed by atoms with Crippen LogP contribution < -0.4 is 20.8 Å². The topological polar surface area (TPSA) is 79.8 Å². The Balaban J connectivity index is 0.000000154. The fourth-order valence-electron chi connectivity index (χ4n) is 5.20. The molecule has 4 aromatic carbocycles. The van der Waals surface area contributed by atoms with Crippen molar-refractivity contribution < 1.29 is 45.8 Å². The van der Waals surface area contributed by atoms with Gasteiger partial charge in [-0.15, -0.1) is 0 Å². The number of fused-ring (bicyclic) bond motifs is 2. The molecule has 14 heteroatoms. The van der Waals surface area contributed by atoms with E-state index in [0.717, 1.165) is 33.7 Å². The van der Waals surface area contributed by atoms with Gasteiger partial charge in [0.25, 0.3) is 0 Å². The molecule has 8 rings (SSSR count). The van der Waals surface area contributed by atoms with Crippen LogP contribution in [0, 0.1) is 0 Å². The Labute approximate surface area is 314 Å². The molecule has 0 saturated heterocycles. The zero-order chi connectivity index (χ0) is 36.7. The molecule has 8 aromatic rings. The number of hydrogen-bond acceptors (Lipinski definition) is 4. The molecule has 0 N–H and O–H groups in total. The number of alkyl halides is 6. The molecule has 268 valence electrons. The first-order valence-electron chi connectivity index (χ1n) is 15.7. The third-order valence-electron chi connectivity index (χ3n) is 7.78. The quantitative estimate of drug-likeness (QED) is 0.100. The van der Waals surface area contributed by atoms with Crippen LogP contribution in [0.2, 0.25) is 0 Å². The monoisotopic (exact) mass is 826 g/mol. The van der Waals surface area contributed by atoms with E-state index in [0.29, 0.717) is 11.4 Å². The largest absolute Gasteiger partial charge is 2.00 e. The molecule has 0 aliphatic carbocycles. The molecule has 0 amide bonds. The van der Waals surface area contributed by atoms with Gasteiger partial charge in [0.2, 0.25) is 0 Å². The van der Waals surface area contributed by atoms with E-state index in [1.807, 2.05) is 24.3 Å². The summed E-state index contributed by atoms with van der Waals surface area (Å²) in [4.78, 5) is 8.21. The van der Waals surface area contributed by atoms with Crippen LogP contribution in [0.3, 0.4) is 0 Å². The van der Waals surface area contributed by atoms with Gasteiger partial charge in [0.15, 0.2) is 0 Å². The predicted octanol–water partition coefficient (Wildman–Crippen LogP) is 9.29. The summed E-state index contributed by atoms with van der Waals surface area (Å²) >= 11 is 0. The first-order valence-corrected chi connectivity index (χ1v) is 17.4. The fourth-order valence-corrected chi connectivity index (χ4v) is 6.74. The normalized spacial score (nSPS) is 11.3. The van der Waals surface area contributed by atoms with Crippen molar-refractivity contribution in [3.63, 3.8) is 0 Å². The number of halogens is 6. The van der Waals surface area contributed by atoms with Crippen LogP contribution in [0.15, 0.2) is 146 Å². The second-order valence-corrected chi connectivity index (χ2v) is 13.4. The average molecular weight is 826 g/mol. The summed E-state index contributed by atoms with van der Waals surface area (Å²) in [5, 5.41) is 19.6. The van der Waals surface area contributed by atoms with E-state index >= 15 is 0 Å². The van der Waals surface area contributed by atoms with Crippen LogP contribution in [0.4, 0.5) is 26.3 Å². The van der Waals surface area contributed by atoms with Crippen molar-refractivity contribution in [2.45, 2.75) is 12.4 Å². The Bertz CT molecular complexity index is 2200. The van der Waals surface area contributed by atoms with Crippen LogP contribution in [0.25, 0.3) is 44.3 Å². The number of benzene rings is 4. The number of aromatic nitrogens is 6. The van der Waals surface area contributed by atoms with E-state index in [2.05, 4.69) is 97.7 Å². The van der Waals surface area contributed by atoms with Gasteiger partial charge in [-0.3, -0.25) is 9.97 Å². The minimum Gasteiger partial charge on any atom is -0.573 e. The van der Waals surface area contributed by atoms with Crippen LogP contribution in [-0.2, 0) is 31.8 Å². The van der Waals surface area contributed by atoms with E-state index in [4.69, 9.17) is 0 Å². The van der Waals surface area contributed by atoms with E-state index in [-0.39, 0.29) is 38.8 Å². The van der Waals surface area contributed by atoms with Crippen molar-refractivity contribution in [1.82, 2.24) is 30.4 Å². The third kappa shape index (κ3) is 9.60. The average Bonchev–Trinajstić information content (AvgIpc) is 3.87. The van der Waals surface area contributed by atoms with Crippen molar-refractivity contribution >= 4 is 40.1 Å². The molecule has 6 nitrogen and oxygen atoms in total. The van der Waals surface area contributed by atoms with Gasteiger partial charge in [0.1, 0.15) is 11.4 Å². The van der Waals surface area contributed by atoms with E-state index in [9.17, 15) is 26.3 Å². The number of nitrogens with zero attached hydrogens (tertiary/aromatic N) is 6. The molecular formula is C39H27F6N6PRu. The second-order valence-electron chi connectivity index (χ2n) is 11.2. The minimum absolute atomic E-state index is 0. The van der Waals surface area contributed by atoms with Crippen LogP contribution in [0.5, 0.6) is 0 Å². The van der Waals surface area contributed by atoms with E-state index in [1.54, 1.807) is 48.8 Å². The van der Waals surface area contributed by atoms with Gasteiger partial charge >= 0.3 is 31.8 Å². The van der Waals surface area contributed by atoms with Crippen LogP contribution in [0.1, 0.15) is 11.4 Å². The van der Waals surface area contributed by atoms with Crippen LogP contribution >= 0.6 is 7.92 Å². The molecule has 4 heterocycles. The molecule has 0 aliphatic rings. The maximum absolute atomic E-state index is 12.5. The molecule has 0 fully saturated rings. The summed E-state index contributed by atoms with van der Waals surface area (Å²) < 4.78 is 75.0. The zero-order valence-electron chi connectivity index (χ0n) is 27.6. The Morgan fingerprint density at radius 2 is 0.849 bits per heavy atom. The molecule has 0 atom stereocenters. The van der Waals surface area contributed by atoms with E-state index in [1.165, 1.54) is 10.6 Å². The molecule has 0 bridgehead atoms. The van der Waals surface area contributed by atoms with Gasteiger partial charge in [-0.25, -0.2) is 0 Å². The Morgan fingerprint density at radius 1 is 0.491 bits per heavy atom. The summed E-state index contributed by atoms with van der Waals surface area (Å²) in [6, 6.07) is 41.4. The molecule has 4 aromatic heterocycles. The number of rotatable bonds is 4. The first kappa shape index (κ1) is 39.0. The van der Waals surface area contributed by atoms with Gasteiger partial charge in [-0.1, -0.05) is 121 Å². The van der Waals surface area contributed by atoms with Crippen molar-refractivity contribution in [2.24, 2.45) is 0 Å². The van der Waals surface area contributed by atoms with Crippen LogP contribution in [-0.4, -0.2) is 26.8 Å². The minimum atomic E-state index is -4.49. The van der Waals surface area contributed by atoms with Crippen molar-refractivity contribution in [3.05, 3.63) is 157 Å². The second kappa shape index (κ2) is 17.1. The molecule has 0 radical (unpaired) electrons. The third-order valence-corrected chi connectivity index (χ3v) is 9.92. The summed E-state index contributed by atoms with van der Waals surface area (Å²) in [6.07, 6.45) is -5.90. The van der Waals surface area contributed by atoms with Crippen molar-refractivity contribution in [1.29, 1.82) is 0 Å². The molecule has 0 aliphatic heterocycles. The Hall–Kier alpha value is -5.25. The van der Waals surface area contributed by atoms with Gasteiger partial charge < -0.3 is 20.4 Å². The maximum atomic E-state index is 12.5. The zero-order valence-corrected chi connectivity index (χ0v) is 30.2. The molecule has 0 spiro atoms. The summed E-state index contributed by atoms with van der Waals surface area (Å²) in [5.74, 6) is 0. The maximum Gasteiger partial charge on any atom is 2.00 e. The van der Waals surface area contributed by atoms with Crippen molar-refractivity contribution in [3.8, 4) is 22.8 Å². The molecule has 53 heavy (non-hydrogen) atoms. The Kier molecular flexibility index (Phi) is 12.5. The summed E-state index contributed by atoms with van der Waals surface area (Å²) in [5.41, 5.74) is -0.940. The fraction of sp³-hybridized carbons (Fsp3) is 0.0769. The Morgan fingerprint density at radius 3 is 1.21 bits per heavy atom. The SMILES string of the molecule is CP(c1ccccc1)c1ccccc1.FC(F)(F)c1cc(-c2nccc3ccccc23)[n-]n1.FC(F)(F)c1cc(-c2nccc3ccccc23)[n-]n1.[Ru+2]. The summed E-state index contributed by atoms with van der Waals surface area (Å²) in [6.45, 7) is 2.31. The number of pyridine rings is 2. The van der Waals surface area contributed by atoms with Crippen molar-refractivity contribution in [2.75, 3.05) is 6.66 Å². The van der Waals surface area contributed by atoms with Gasteiger partial charge in [0, 0.05) is 23.2 Å².